The van der Waals surface area contributed by atoms with Crippen molar-refractivity contribution in [2.45, 2.75) is 26.3 Å². The number of carbonyl (C=O) groups excluding carboxylic acids is 1. The Labute approximate surface area is 123 Å². The van der Waals surface area contributed by atoms with Gasteiger partial charge in [0.25, 0.3) is 0 Å². The first kappa shape index (κ1) is 14.6. The highest BCUT2D eigenvalue weighted by molar-refractivity contribution is 6.30. The Balaban J connectivity index is 1.90. The summed E-state index contributed by atoms with van der Waals surface area (Å²) in [6, 6.07) is 7.81. The van der Waals surface area contributed by atoms with E-state index < -0.39 is 0 Å². The van der Waals surface area contributed by atoms with Gasteiger partial charge in [-0.1, -0.05) is 23.7 Å². The van der Waals surface area contributed by atoms with Gasteiger partial charge in [0, 0.05) is 24.0 Å². The Morgan fingerprint density at radius 2 is 2.10 bits per heavy atom. The zero-order valence-corrected chi connectivity index (χ0v) is 12.1. The summed E-state index contributed by atoms with van der Waals surface area (Å²) in [6.45, 7) is 2.87. The molecule has 2 aromatic rings. The minimum atomic E-state index is -0.371. The minimum Gasteiger partial charge on any atom is -0.460 e. The number of ether oxygens (including phenoxy) is 1. The molecule has 1 aromatic heterocycles. The molecule has 0 saturated carbocycles. The molecular weight excluding hydrogens is 276 g/mol. The number of nitrogens with zero attached hydrogens (tertiary/aromatic N) is 2. The fourth-order valence-corrected chi connectivity index (χ4v) is 2.11. The molecule has 0 N–H and O–H groups in total. The van der Waals surface area contributed by atoms with E-state index in [1.165, 1.54) is 5.56 Å². The summed E-state index contributed by atoms with van der Waals surface area (Å²) in [5.74, 6) is -0.00745. The average Bonchev–Trinajstić information content (AvgIpc) is 2.90. The molecular formula is C15H17ClN2O2. The van der Waals surface area contributed by atoms with Crippen LogP contribution >= 0.6 is 11.6 Å². The lowest BCUT2D eigenvalue weighted by molar-refractivity contribution is 0.0506. The maximum absolute atomic E-state index is 11.7. The Hall–Kier alpha value is -1.81. The van der Waals surface area contributed by atoms with Gasteiger partial charge in [0.2, 0.25) is 5.82 Å². The highest BCUT2D eigenvalue weighted by atomic mass is 35.5. The lowest BCUT2D eigenvalue weighted by Crippen LogP contribution is -2.13. The lowest BCUT2D eigenvalue weighted by Gasteiger charge is -2.07. The molecule has 0 bridgehead atoms. The smallest absolute Gasteiger partial charge is 0.374 e. The third-order valence-electron chi connectivity index (χ3n) is 2.95. The number of esters is 1. The summed E-state index contributed by atoms with van der Waals surface area (Å²) in [7, 11) is 0. The molecule has 0 aliphatic carbocycles. The summed E-state index contributed by atoms with van der Waals surface area (Å²) >= 11 is 5.85. The molecule has 0 saturated heterocycles. The van der Waals surface area contributed by atoms with Crippen LogP contribution < -0.4 is 0 Å². The van der Waals surface area contributed by atoms with Gasteiger partial charge in [0.1, 0.15) is 0 Å². The van der Waals surface area contributed by atoms with E-state index in [-0.39, 0.29) is 5.97 Å². The number of hydrogen-bond acceptors (Lipinski definition) is 3. The monoisotopic (exact) mass is 292 g/mol. The second-order valence-electron chi connectivity index (χ2n) is 4.39. The number of aromatic nitrogens is 2. The molecule has 20 heavy (non-hydrogen) atoms. The molecule has 2 rings (SSSR count). The van der Waals surface area contributed by atoms with Crippen LogP contribution in [0, 0.1) is 0 Å². The van der Waals surface area contributed by atoms with Gasteiger partial charge in [-0.15, -0.1) is 0 Å². The predicted octanol–water partition coefficient (Wildman–Crippen LogP) is 3.35. The van der Waals surface area contributed by atoms with Crippen molar-refractivity contribution in [2.75, 3.05) is 6.61 Å². The fraction of sp³-hybridized carbons (Fsp3) is 0.333. The quantitative estimate of drug-likeness (QED) is 0.767. The van der Waals surface area contributed by atoms with Crippen LogP contribution in [-0.2, 0) is 17.7 Å². The summed E-state index contributed by atoms with van der Waals surface area (Å²) in [4.78, 5) is 15.7. The Morgan fingerprint density at radius 1 is 1.35 bits per heavy atom. The van der Waals surface area contributed by atoms with Crippen molar-refractivity contribution >= 4 is 17.6 Å². The number of hydrogen-bond donors (Lipinski definition) is 0. The Kier molecular flexibility index (Phi) is 5.18. The average molecular weight is 293 g/mol. The van der Waals surface area contributed by atoms with Crippen molar-refractivity contribution in [1.29, 1.82) is 0 Å². The van der Waals surface area contributed by atoms with Crippen LogP contribution in [0.3, 0.4) is 0 Å². The summed E-state index contributed by atoms with van der Waals surface area (Å²) in [5, 5.41) is 0.743. The van der Waals surface area contributed by atoms with Crippen molar-refractivity contribution in [3.8, 4) is 0 Å². The second-order valence-corrected chi connectivity index (χ2v) is 4.83. The molecule has 0 radical (unpaired) electrons. The number of rotatable bonds is 6. The molecule has 0 amide bonds. The van der Waals surface area contributed by atoms with Crippen LogP contribution in [0.1, 0.15) is 29.5 Å². The van der Waals surface area contributed by atoms with Crippen molar-refractivity contribution < 1.29 is 9.53 Å². The van der Waals surface area contributed by atoms with Gasteiger partial charge in [-0.25, -0.2) is 9.78 Å². The fourth-order valence-electron chi connectivity index (χ4n) is 1.98. The molecule has 106 valence electrons. The van der Waals surface area contributed by atoms with Crippen molar-refractivity contribution in [1.82, 2.24) is 9.55 Å². The molecule has 0 spiro atoms. The highest BCUT2D eigenvalue weighted by Crippen LogP contribution is 2.12. The summed E-state index contributed by atoms with van der Waals surface area (Å²) in [6.07, 6.45) is 5.27. The van der Waals surface area contributed by atoms with E-state index >= 15 is 0 Å². The third-order valence-corrected chi connectivity index (χ3v) is 3.20. The maximum Gasteiger partial charge on any atom is 0.374 e. The van der Waals surface area contributed by atoms with E-state index in [9.17, 15) is 4.79 Å². The largest absolute Gasteiger partial charge is 0.460 e. The van der Waals surface area contributed by atoms with Crippen LogP contribution in [0.25, 0.3) is 0 Å². The number of aryl methyl sites for hydroxylation is 2. The zero-order chi connectivity index (χ0) is 14.4. The molecule has 0 atom stereocenters. The number of carbonyl (C=O) groups is 1. The Bertz CT molecular complexity index is 564. The molecule has 5 heteroatoms. The van der Waals surface area contributed by atoms with Gasteiger partial charge in [0.05, 0.1) is 6.61 Å². The van der Waals surface area contributed by atoms with Crippen LogP contribution in [0.4, 0.5) is 0 Å². The molecule has 0 unspecified atom stereocenters. The summed E-state index contributed by atoms with van der Waals surface area (Å²) in [5.41, 5.74) is 1.23. The number of benzene rings is 1. The van der Waals surface area contributed by atoms with Crippen LogP contribution in [0.2, 0.25) is 5.02 Å². The minimum absolute atomic E-state index is 0.358. The van der Waals surface area contributed by atoms with Gasteiger partial charge in [-0.3, -0.25) is 0 Å². The van der Waals surface area contributed by atoms with Gasteiger partial charge in [-0.2, -0.15) is 0 Å². The molecule has 0 aliphatic rings. The van der Waals surface area contributed by atoms with Gasteiger partial charge in [0.15, 0.2) is 0 Å². The van der Waals surface area contributed by atoms with Crippen molar-refractivity contribution in [3.63, 3.8) is 0 Å². The SMILES string of the molecule is CCOC(=O)c1nccn1CCCc1ccc(Cl)cc1. The van der Waals surface area contributed by atoms with Crippen molar-refractivity contribution in [2.24, 2.45) is 0 Å². The first-order valence-electron chi connectivity index (χ1n) is 6.63. The first-order valence-corrected chi connectivity index (χ1v) is 7.01. The van der Waals surface area contributed by atoms with Gasteiger partial charge in [-0.05, 0) is 37.5 Å². The van der Waals surface area contributed by atoms with E-state index in [1.807, 2.05) is 28.8 Å². The van der Waals surface area contributed by atoms with Crippen LogP contribution in [0.15, 0.2) is 36.7 Å². The first-order chi connectivity index (χ1) is 9.70. The van der Waals surface area contributed by atoms with E-state index in [0.717, 1.165) is 24.4 Å². The second kappa shape index (κ2) is 7.10. The normalized spacial score (nSPS) is 10.5. The van der Waals surface area contributed by atoms with Gasteiger partial charge >= 0.3 is 5.97 Å². The molecule has 1 aromatic carbocycles. The third kappa shape index (κ3) is 3.84. The van der Waals surface area contributed by atoms with E-state index in [1.54, 1.807) is 19.3 Å². The van der Waals surface area contributed by atoms with E-state index in [2.05, 4.69) is 4.98 Å². The van der Waals surface area contributed by atoms with Crippen LogP contribution in [-0.4, -0.2) is 22.1 Å². The Morgan fingerprint density at radius 3 is 2.80 bits per heavy atom. The highest BCUT2D eigenvalue weighted by Gasteiger charge is 2.13. The molecule has 4 nitrogen and oxygen atoms in total. The van der Waals surface area contributed by atoms with E-state index in [0.29, 0.717) is 12.4 Å². The lowest BCUT2D eigenvalue weighted by atomic mass is 10.1. The zero-order valence-electron chi connectivity index (χ0n) is 11.4. The van der Waals surface area contributed by atoms with Crippen molar-refractivity contribution in [3.05, 3.63) is 53.1 Å². The molecule has 1 heterocycles. The predicted molar refractivity (Wildman–Crippen MR) is 78.0 cm³/mol. The molecule has 0 aliphatic heterocycles. The van der Waals surface area contributed by atoms with E-state index in [4.69, 9.17) is 16.3 Å². The molecule has 0 fully saturated rings. The maximum atomic E-state index is 11.7. The summed E-state index contributed by atoms with van der Waals surface area (Å²) < 4.78 is 6.80. The van der Waals surface area contributed by atoms with Gasteiger partial charge < -0.3 is 9.30 Å². The number of halogens is 1. The topological polar surface area (TPSA) is 44.1 Å². The van der Waals surface area contributed by atoms with Crippen LogP contribution in [0.5, 0.6) is 0 Å². The number of imidazole rings is 1. The standard InChI is InChI=1S/C15H17ClN2O2/c1-2-20-15(19)14-17-9-11-18(14)10-3-4-12-5-7-13(16)8-6-12/h5-9,11H,2-4,10H2,1H3.